The summed E-state index contributed by atoms with van der Waals surface area (Å²) in [6.07, 6.45) is 0. The second-order valence-corrected chi connectivity index (χ2v) is 7.67. The number of hydrogen-bond donors (Lipinski definition) is 0. The molecule has 0 heterocycles. The van der Waals surface area contributed by atoms with Crippen molar-refractivity contribution < 1.29 is 4.39 Å². The van der Waals surface area contributed by atoms with E-state index in [9.17, 15) is 4.39 Å². The Bertz CT molecular complexity index is 1250. The van der Waals surface area contributed by atoms with E-state index in [-0.39, 0.29) is 5.82 Å². The van der Waals surface area contributed by atoms with Crippen LogP contribution in [0.3, 0.4) is 0 Å². The molecule has 0 saturated heterocycles. The molecule has 0 amide bonds. The molecule has 0 aliphatic heterocycles. The van der Waals surface area contributed by atoms with Crippen molar-refractivity contribution in [2.45, 2.75) is 0 Å². The molecule has 0 unspecified atom stereocenters. The third-order valence-electron chi connectivity index (χ3n) is 5.49. The van der Waals surface area contributed by atoms with Gasteiger partial charge in [0.2, 0.25) is 0 Å². The number of nitrogens with zero attached hydrogens (tertiary/aromatic N) is 2. The zero-order valence-electron chi connectivity index (χ0n) is 18.1. The average molecular weight is 431 g/mol. The number of para-hydroxylation sites is 3. The molecule has 0 N–H and O–H groups in total. The molecule has 0 spiro atoms. The minimum absolute atomic E-state index is 0.247. The monoisotopic (exact) mass is 430 g/mol. The number of halogens is 1. The van der Waals surface area contributed by atoms with Gasteiger partial charge in [-0.15, -0.1) is 0 Å². The quantitative estimate of drug-likeness (QED) is 0.266. The third kappa shape index (κ3) is 4.48. The lowest BCUT2D eigenvalue weighted by molar-refractivity contribution is 0.628. The van der Waals surface area contributed by atoms with Gasteiger partial charge in [0.1, 0.15) is 5.82 Å². The summed E-state index contributed by atoms with van der Waals surface area (Å²) < 4.78 is 13.6. The van der Waals surface area contributed by atoms with Crippen LogP contribution in [0.2, 0.25) is 0 Å². The van der Waals surface area contributed by atoms with E-state index >= 15 is 0 Å². The zero-order valence-corrected chi connectivity index (χ0v) is 18.1. The van der Waals surface area contributed by atoms with Crippen LogP contribution < -0.4 is 9.80 Å². The van der Waals surface area contributed by atoms with E-state index in [2.05, 4.69) is 70.5 Å². The Hall–Kier alpha value is -4.37. The molecule has 0 saturated carbocycles. The van der Waals surface area contributed by atoms with Gasteiger partial charge in [0.15, 0.2) is 0 Å². The molecule has 0 bridgehead atoms. The maximum absolute atomic E-state index is 13.6. The number of benzene rings is 5. The van der Waals surface area contributed by atoms with Gasteiger partial charge in [-0.1, -0.05) is 54.6 Å². The molecule has 2 nitrogen and oxygen atoms in total. The molecule has 0 fully saturated rings. The molecule has 0 radical (unpaired) electrons. The minimum Gasteiger partial charge on any atom is -0.311 e. The fraction of sp³-hybridized carbons (Fsp3) is 0. The van der Waals surface area contributed by atoms with Gasteiger partial charge < -0.3 is 9.80 Å². The van der Waals surface area contributed by atoms with Crippen LogP contribution in [0.5, 0.6) is 0 Å². The number of hydrogen-bond acceptors (Lipinski definition) is 2. The summed E-state index contributed by atoms with van der Waals surface area (Å²) in [6, 6.07) is 45.8. The van der Waals surface area contributed by atoms with Gasteiger partial charge in [0.25, 0.3) is 0 Å². The van der Waals surface area contributed by atoms with E-state index < -0.39 is 0 Å². The van der Waals surface area contributed by atoms with Gasteiger partial charge in [-0.25, -0.2) is 4.39 Å². The SMILES string of the molecule is Fc1ccc(N(c2ccccc2)c2ccc(N(c3ccccc3)c3ccccc3)cc2)cc1. The van der Waals surface area contributed by atoms with Crippen LogP contribution in [-0.2, 0) is 0 Å². The van der Waals surface area contributed by atoms with Crippen LogP contribution in [0.25, 0.3) is 0 Å². The Kier molecular flexibility index (Phi) is 5.85. The molecule has 5 aromatic rings. The van der Waals surface area contributed by atoms with Gasteiger partial charge in [0.05, 0.1) is 0 Å². The van der Waals surface area contributed by atoms with E-state index in [1.165, 1.54) is 12.1 Å². The Morgan fingerprint density at radius 1 is 0.303 bits per heavy atom. The average Bonchev–Trinajstić information content (AvgIpc) is 2.88. The summed E-state index contributed by atoms with van der Waals surface area (Å²) >= 11 is 0. The first kappa shape index (κ1) is 20.5. The van der Waals surface area contributed by atoms with Crippen molar-refractivity contribution in [1.29, 1.82) is 0 Å². The fourth-order valence-electron chi connectivity index (χ4n) is 3.97. The van der Waals surface area contributed by atoms with Crippen LogP contribution in [0.15, 0.2) is 140 Å². The molecule has 5 aromatic carbocycles. The topological polar surface area (TPSA) is 6.48 Å². The number of rotatable bonds is 6. The maximum Gasteiger partial charge on any atom is 0.123 e. The zero-order chi connectivity index (χ0) is 22.5. The number of anilines is 6. The normalized spacial score (nSPS) is 10.6. The van der Waals surface area contributed by atoms with E-state index in [0.29, 0.717) is 0 Å². The van der Waals surface area contributed by atoms with Crippen LogP contribution in [0, 0.1) is 5.82 Å². The first-order valence-electron chi connectivity index (χ1n) is 10.9. The standard InChI is InChI=1S/C30H23FN2/c31-24-16-18-28(19-17-24)33(27-14-8-3-9-15-27)30-22-20-29(21-23-30)32(25-10-4-1-5-11-25)26-12-6-2-7-13-26/h1-23H. The summed E-state index contributed by atoms with van der Waals surface area (Å²) in [4.78, 5) is 4.35. The van der Waals surface area contributed by atoms with Crippen molar-refractivity contribution in [2.75, 3.05) is 9.80 Å². The minimum atomic E-state index is -0.247. The molecule has 0 atom stereocenters. The van der Waals surface area contributed by atoms with E-state index in [0.717, 1.165) is 34.1 Å². The van der Waals surface area contributed by atoms with Crippen LogP contribution >= 0.6 is 0 Å². The first-order chi connectivity index (χ1) is 16.3. The highest BCUT2D eigenvalue weighted by molar-refractivity contribution is 5.80. The highest BCUT2D eigenvalue weighted by Crippen LogP contribution is 2.38. The molecular formula is C30H23FN2. The van der Waals surface area contributed by atoms with Gasteiger partial charge in [-0.3, -0.25) is 0 Å². The summed E-state index contributed by atoms with van der Waals surface area (Å²) in [7, 11) is 0. The van der Waals surface area contributed by atoms with Crippen molar-refractivity contribution in [2.24, 2.45) is 0 Å². The van der Waals surface area contributed by atoms with Crippen molar-refractivity contribution in [3.8, 4) is 0 Å². The lowest BCUT2D eigenvalue weighted by Gasteiger charge is -2.28. The van der Waals surface area contributed by atoms with Crippen LogP contribution in [-0.4, -0.2) is 0 Å². The summed E-state index contributed by atoms with van der Waals surface area (Å²) in [5, 5.41) is 0. The first-order valence-corrected chi connectivity index (χ1v) is 10.9. The van der Waals surface area contributed by atoms with Gasteiger partial charge in [0, 0.05) is 34.1 Å². The highest BCUT2D eigenvalue weighted by atomic mass is 19.1. The van der Waals surface area contributed by atoms with Crippen molar-refractivity contribution in [1.82, 2.24) is 0 Å². The molecule has 0 aromatic heterocycles. The fourth-order valence-corrected chi connectivity index (χ4v) is 3.97. The molecular weight excluding hydrogens is 407 g/mol. The lowest BCUT2D eigenvalue weighted by Crippen LogP contribution is -2.12. The van der Waals surface area contributed by atoms with Gasteiger partial charge >= 0.3 is 0 Å². The summed E-state index contributed by atoms with van der Waals surface area (Å²) in [6.45, 7) is 0. The van der Waals surface area contributed by atoms with Crippen molar-refractivity contribution in [3.63, 3.8) is 0 Å². The maximum atomic E-state index is 13.6. The Morgan fingerprint density at radius 2 is 0.545 bits per heavy atom. The second kappa shape index (κ2) is 9.41. The predicted molar refractivity (Wildman–Crippen MR) is 136 cm³/mol. The van der Waals surface area contributed by atoms with Crippen molar-refractivity contribution >= 4 is 34.1 Å². The predicted octanol–water partition coefficient (Wildman–Crippen LogP) is 8.77. The Labute approximate surface area is 193 Å². The van der Waals surface area contributed by atoms with Gasteiger partial charge in [-0.05, 0) is 84.9 Å². The second-order valence-electron chi connectivity index (χ2n) is 7.67. The lowest BCUT2D eigenvalue weighted by atomic mass is 10.1. The van der Waals surface area contributed by atoms with Crippen LogP contribution in [0.1, 0.15) is 0 Å². The largest absolute Gasteiger partial charge is 0.311 e. The summed E-state index contributed by atoms with van der Waals surface area (Å²) in [5.41, 5.74) is 6.16. The molecule has 3 heteroatoms. The van der Waals surface area contributed by atoms with Gasteiger partial charge in [-0.2, -0.15) is 0 Å². The Morgan fingerprint density at radius 3 is 0.848 bits per heavy atom. The molecule has 33 heavy (non-hydrogen) atoms. The molecule has 0 aliphatic carbocycles. The molecule has 160 valence electrons. The van der Waals surface area contributed by atoms with Crippen LogP contribution in [0.4, 0.5) is 38.5 Å². The highest BCUT2D eigenvalue weighted by Gasteiger charge is 2.15. The third-order valence-corrected chi connectivity index (χ3v) is 5.49. The molecule has 5 rings (SSSR count). The summed E-state index contributed by atoms with van der Waals surface area (Å²) in [5.74, 6) is -0.247. The molecule has 0 aliphatic rings. The van der Waals surface area contributed by atoms with E-state index in [1.807, 2.05) is 54.6 Å². The smallest absolute Gasteiger partial charge is 0.123 e. The van der Waals surface area contributed by atoms with Crippen molar-refractivity contribution in [3.05, 3.63) is 145 Å². The van der Waals surface area contributed by atoms with E-state index in [1.54, 1.807) is 12.1 Å². The van der Waals surface area contributed by atoms with E-state index in [4.69, 9.17) is 0 Å². The Balaban J connectivity index is 1.57.